The second-order valence-corrected chi connectivity index (χ2v) is 4.87. The molecule has 1 aromatic carbocycles. The van der Waals surface area contributed by atoms with Gasteiger partial charge in [0.2, 0.25) is 5.95 Å². The van der Waals surface area contributed by atoms with E-state index in [9.17, 15) is 0 Å². The number of hydrogen-bond acceptors (Lipinski definition) is 4. The number of allylic oxidation sites excluding steroid dienone is 1. The number of hydrogen-bond donors (Lipinski definition) is 1. The third-order valence-corrected chi connectivity index (χ3v) is 3.54. The molecule has 0 spiro atoms. The highest BCUT2D eigenvalue weighted by atomic mass is 15.0. The topological polar surface area (TPSA) is 64.7 Å². The molecule has 4 rings (SSSR count). The Balaban J connectivity index is 1.85. The number of nitrogens with two attached hydrogens (primary N) is 1. The summed E-state index contributed by atoms with van der Waals surface area (Å²) in [5, 5.41) is 0.979. The monoisotopic (exact) mass is 260 g/mol. The summed E-state index contributed by atoms with van der Waals surface area (Å²) in [6.45, 7) is 0. The van der Waals surface area contributed by atoms with Crippen LogP contribution in [0.15, 0.2) is 42.7 Å². The number of rotatable bonds is 1. The van der Waals surface area contributed by atoms with Gasteiger partial charge in [-0.3, -0.25) is 4.98 Å². The van der Waals surface area contributed by atoms with Crippen LogP contribution >= 0.6 is 0 Å². The number of benzene rings is 1. The number of nitrogens with zero attached hydrogens (tertiary/aromatic N) is 3. The Kier molecular flexibility index (Phi) is 2.29. The Morgan fingerprint density at radius 1 is 1.00 bits per heavy atom. The van der Waals surface area contributed by atoms with Crippen molar-refractivity contribution >= 4 is 22.9 Å². The van der Waals surface area contributed by atoms with E-state index in [1.165, 1.54) is 5.56 Å². The van der Waals surface area contributed by atoms with Crippen LogP contribution in [0.1, 0.15) is 11.3 Å². The van der Waals surface area contributed by atoms with Crippen LogP contribution in [0, 0.1) is 0 Å². The van der Waals surface area contributed by atoms with Crippen molar-refractivity contribution in [3.05, 3.63) is 54.0 Å². The zero-order valence-electron chi connectivity index (χ0n) is 10.7. The summed E-state index contributed by atoms with van der Waals surface area (Å²) in [5.41, 5.74) is 11.0. The molecule has 0 unspecified atom stereocenters. The van der Waals surface area contributed by atoms with E-state index in [-0.39, 0.29) is 0 Å². The maximum atomic E-state index is 5.59. The van der Waals surface area contributed by atoms with Crippen LogP contribution in [0.5, 0.6) is 0 Å². The van der Waals surface area contributed by atoms with Crippen LogP contribution in [-0.4, -0.2) is 15.0 Å². The molecule has 0 amide bonds. The highest BCUT2D eigenvalue weighted by Crippen LogP contribution is 2.27. The minimum absolute atomic E-state index is 0.301. The Bertz CT molecular complexity index is 852. The maximum absolute atomic E-state index is 5.59. The third-order valence-electron chi connectivity index (χ3n) is 3.54. The van der Waals surface area contributed by atoms with Crippen molar-refractivity contribution in [2.45, 2.75) is 6.42 Å². The van der Waals surface area contributed by atoms with Crippen molar-refractivity contribution in [2.24, 2.45) is 0 Å². The van der Waals surface area contributed by atoms with Crippen molar-refractivity contribution in [2.75, 3.05) is 5.73 Å². The first kappa shape index (κ1) is 11.1. The SMILES string of the molecule is Nc1ncc2cc(-c3cnc4c(c3)C=CC4)ccc2n1. The molecule has 4 heteroatoms. The van der Waals surface area contributed by atoms with Gasteiger partial charge in [-0.05, 0) is 29.3 Å². The molecule has 0 radical (unpaired) electrons. The minimum atomic E-state index is 0.301. The van der Waals surface area contributed by atoms with Gasteiger partial charge < -0.3 is 5.73 Å². The standard InChI is InChI=1S/C16H12N4/c17-16-19-9-13-6-10(4-5-15(13)20-16)12-7-11-2-1-3-14(11)18-8-12/h1-2,4-9H,3H2,(H2,17,19,20). The summed E-state index contributed by atoms with van der Waals surface area (Å²) in [6.07, 6.45) is 8.86. The van der Waals surface area contributed by atoms with Gasteiger partial charge in [-0.1, -0.05) is 18.2 Å². The minimum Gasteiger partial charge on any atom is -0.368 e. The fraction of sp³-hybridized carbons (Fsp3) is 0.0625. The molecule has 20 heavy (non-hydrogen) atoms. The molecule has 96 valence electrons. The van der Waals surface area contributed by atoms with Gasteiger partial charge in [0.05, 0.1) is 11.2 Å². The van der Waals surface area contributed by atoms with Crippen molar-refractivity contribution in [3.8, 4) is 11.1 Å². The zero-order valence-corrected chi connectivity index (χ0v) is 10.7. The van der Waals surface area contributed by atoms with Crippen LogP contribution in [0.4, 0.5) is 5.95 Å². The second-order valence-electron chi connectivity index (χ2n) is 4.87. The number of nitrogen functional groups attached to an aromatic ring is 1. The highest BCUT2D eigenvalue weighted by molar-refractivity contribution is 5.84. The predicted molar refractivity (Wildman–Crippen MR) is 79.9 cm³/mol. The molecule has 0 bridgehead atoms. The Morgan fingerprint density at radius 3 is 2.90 bits per heavy atom. The maximum Gasteiger partial charge on any atom is 0.220 e. The average Bonchev–Trinajstić information content (AvgIpc) is 2.94. The fourth-order valence-electron chi connectivity index (χ4n) is 2.51. The molecule has 1 aliphatic carbocycles. The van der Waals surface area contributed by atoms with E-state index >= 15 is 0 Å². The molecule has 4 nitrogen and oxygen atoms in total. The van der Waals surface area contributed by atoms with Crippen molar-refractivity contribution in [1.29, 1.82) is 0 Å². The summed E-state index contributed by atoms with van der Waals surface area (Å²) < 4.78 is 0. The van der Waals surface area contributed by atoms with Gasteiger partial charge in [0.1, 0.15) is 0 Å². The molecule has 0 atom stereocenters. The first-order valence-corrected chi connectivity index (χ1v) is 6.48. The van der Waals surface area contributed by atoms with Crippen molar-refractivity contribution in [1.82, 2.24) is 15.0 Å². The van der Waals surface area contributed by atoms with E-state index < -0.39 is 0 Å². The second kappa shape index (κ2) is 4.13. The van der Waals surface area contributed by atoms with Crippen LogP contribution in [0.25, 0.3) is 28.1 Å². The quantitative estimate of drug-likeness (QED) is 0.730. The molecule has 0 aliphatic heterocycles. The van der Waals surface area contributed by atoms with Gasteiger partial charge in [-0.2, -0.15) is 0 Å². The molecule has 0 fully saturated rings. The largest absolute Gasteiger partial charge is 0.368 e. The molecule has 3 aromatic rings. The fourth-order valence-corrected chi connectivity index (χ4v) is 2.51. The summed E-state index contributed by atoms with van der Waals surface area (Å²) in [4.78, 5) is 12.8. The predicted octanol–water partition coefficient (Wildman–Crippen LogP) is 2.84. The lowest BCUT2D eigenvalue weighted by molar-refractivity contribution is 1.13. The molecular formula is C16H12N4. The average molecular weight is 260 g/mol. The van der Waals surface area contributed by atoms with Gasteiger partial charge >= 0.3 is 0 Å². The van der Waals surface area contributed by atoms with Gasteiger partial charge in [0.25, 0.3) is 0 Å². The first-order chi connectivity index (χ1) is 9.79. The molecule has 1 aliphatic rings. The molecule has 0 saturated heterocycles. The molecule has 2 aromatic heterocycles. The number of aromatic nitrogens is 3. The lowest BCUT2D eigenvalue weighted by Gasteiger charge is -2.06. The van der Waals surface area contributed by atoms with Crippen molar-refractivity contribution in [3.63, 3.8) is 0 Å². The van der Waals surface area contributed by atoms with E-state index in [2.05, 4.69) is 39.2 Å². The zero-order chi connectivity index (χ0) is 13.5. The third kappa shape index (κ3) is 1.73. The number of fused-ring (bicyclic) bond motifs is 2. The normalized spacial score (nSPS) is 12.8. The first-order valence-electron chi connectivity index (χ1n) is 6.48. The molecule has 2 N–H and O–H groups in total. The van der Waals surface area contributed by atoms with E-state index in [1.54, 1.807) is 6.20 Å². The van der Waals surface area contributed by atoms with Crippen LogP contribution in [0.2, 0.25) is 0 Å². The van der Waals surface area contributed by atoms with Gasteiger partial charge in [0.15, 0.2) is 0 Å². The van der Waals surface area contributed by atoms with E-state index in [4.69, 9.17) is 5.73 Å². The van der Waals surface area contributed by atoms with Crippen molar-refractivity contribution < 1.29 is 0 Å². The Hall–Kier alpha value is -2.75. The molecule has 2 heterocycles. The summed E-state index contributed by atoms with van der Waals surface area (Å²) in [6, 6.07) is 8.24. The highest BCUT2D eigenvalue weighted by Gasteiger charge is 2.09. The van der Waals surface area contributed by atoms with Gasteiger partial charge in [-0.25, -0.2) is 9.97 Å². The molecule has 0 saturated carbocycles. The lowest BCUT2D eigenvalue weighted by atomic mass is 10.0. The van der Waals surface area contributed by atoms with E-state index in [0.717, 1.165) is 34.1 Å². The lowest BCUT2D eigenvalue weighted by Crippen LogP contribution is -1.94. The van der Waals surface area contributed by atoms with E-state index in [0.29, 0.717) is 5.95 Å². The summed E-state index contributed by atoms with van der Waals surface area (Å²) in [7, 11) is 0. The smallest absolute Gasteiger partial charge is 0.220 e. The van der Waals surface area contributed by atoms with Gasteiger partial charge in [0, 0.05) is 29.8 Å². The van der Waals surface area contributed by atoms with Crippen LogP contribution in [-0.2, 0) is 6.42 Å². The summed E-state index contributed by atoms with van der Waals surface area (Å²) in [5.74, 6) is 0.301. The Labute approximate surface area is 116 Å². The molecular weight excluding hydrogens is 248 g/mol. The van der Waals surface area contributed by atoms with Gasteiger partial charge in [-0.15, -0.1) is 0 Å². The van der Waals surface area contributed by atoms with E-state index in [1.807, 2.05) is 18.3 Å². The summed E-state index contributed by atoms with van der Waals surface area (Å²) >= 11 is 0. The number of anilines is 1. The van der Waals surface area contributed by atoms with Crippen LogP contribution < -0.4 is 5.73 Å². The Morgan fingerprint density at radius 2 is 1.95 bits per heavy atom. The number of pyridine rings is 1. The van der Waals surface area contributed by atoms with Crippen LogP contribution in [0.3, 0.4) is 0 Å².